The molecule has 5 N–H and O–H groups in total. The summed E-state index contributed by atoms with van der Waals surface area (Å²) >= 11 is 0. The molecule has 2 saturated heterocycles. The quantitative estimate of drug-likeness (QED) is 0.154. The van der Waals surface area contributed by atoms with Gasteiger partial charge in [0.05, 0.1) is 5.56 Å². The number of nitrogens with zero attached hydrogens (tertiary/aromatic N) is 3. The van der Waals surface area contributed by atoms with Gasteiger partial charge in [0, 0.05) is 24.5 Å². The molecule has 5 unspecified atom stereocenters. The highest BCUT2D eigenvalue weighted by Gasteiger charge is 2.54. The van der Waals surface area contributed by atoms with E-state index in [1.54, 1.807) is 37.4 Å². The van der Waals surface area contributed by atoms with Crippen molar-refractivity contribution in [3.05, 3.63) is 95.9 Å². The number of aromatic carboxylic acids is 1. The number of alkyl halides is 3. The first-order chi connectivity index (χ1) is 23.1. The lowest BCUT2D eigenvalue weighted by molar-refractivity contribution is -0.152. The molecule has 6 rings (SSSR count). The lowest BCUT2D eigenvalue weighted by atomic mass is 10.1. The number of carbonyl (C=O) groups is 2. The predicted molar refractivity (Wildman–Crippen MR) is 164 cm³/mol. The summed E-state index contributed by atoms with van der Waals surface area (Å²) in [6, 6.07) is 15.8. The number of rotatable bonds is 10. The van der Waals surface area contributed by atoms with E-state index in [9.17, 15) is 27.9 Å². The van der Waals surface area contributed by atoms with Crippen LogP contribution in [0.3, 0.4) is 0 Å². The molecule has 0 aliphatic carbocycles. The number of amides is 2. The van der Waals surface area contributed by atoms with Crippen LogP contribution in [0.2, 0.25) is 0 Å². The van der Waals surface area contributed by atoms with Crippen LogP contribution < -0.4 is 26.0 Å². The molecule has 2 aliphatic heterocycles. The number of anilines is 4. The van der Waals surface area contributed by atoms with Crippen molar-refractivity contribution in [2.45, 2.75) is 37.0 Å². The van der Waals surface area contributed by atoms with E-state index in [4.69, 9.17) is 18.9 Å². The molecule has 48 heavy (non-hydrogen) atoms. The maximum atomic E-state index is 13.9. The van der Waals surface area contributed by atoms with Crippen LogP contribution in [-0.2, 0) is 20.4 Å². The zero-order chi connectivity index (χ0) is 33.8. The Hall–Kier alpha value is -5.52. The van der Waals surface area contributed by atoms with Crippen LogP contribution in [0.1, 0.15) is 27.8 Å². The second-order valence-electron chi connectivity index (χ2n) is 10.5. The lowest BCUT2D eigenvalue weighted by Crippen LogP contribution is -2.35. The van der Waals surface area contributed by atoms with E-state index in [0.29, 0.717) is 5.69 Å². The molecule has 0 saturated carbocycles. The van der Waals surface area contributed by atoms with E-state index in [-0.39, 0.29) is 40.9 Å². The van der Waals surface area contributed by atoms with Crippen molar-refractivity contribution in [3.63, 3.8) is 0 Å². The number of para-hydroxylation sites is 1. The largest absolute Gasteiger partial charge is 0.477 e. The van der Waals surface area contributed by atoms with Crippen molar-refractivity contribution in [3.8, 4) is 5.88 Å². The van der Waals surface area contributed by atoms with Crippen molar-refractivity contribution in [1.82, 2.24) is 15.0 Å². The number of halogens is 3. The second kappa shape index (κ2) is 13.7. The van der Waals surface area contributed by atoms with Gasteiger partial charge in [-0.15, -0.1) is 0 Å². The Labute approximate surface area is 270 Å². The number of hydrogen-bond donors (Lipinski definition) is 5. The van der Waals surface area contributed by atoms with Crippen molar-refractivity contribution in [1.29, 1.82) is 0 Å². The van der Waals surface area contributed by atoms with Crippen LogP contribution in [0.15, 0.2) is 79.3 Å². The minimum atomic E-state index is -4.68. The van der Waals surface area contributed by atoms with Gasteiger partial charge in [0.1, 0.15) is 42.5 Å². The van der Waals surface area contributed by atoms with E-state index >= 15 is 0 Å². The summed E-state index contributed by atoms with van der Waals surface area (Å²) in [5.41, 5.74) is -0.542. The minimum absolute atomic E-state index is 0.106. The molecule has 2 aliphatic rings. The van der Waals surface area contributed by atoms with E-state index < -0.39 is 54.6 Å². The van der Waals surface area contributed by atoms with Gasteiger partial charge in [-0.2, -0.15) is 13.2 Å². The Morgan fingerprint density at radius 3 is 2.38 bits per heavy atom. The molecule has 4 heterocycles. The monoisotopic (exact) mass is 667 g/mol. The topological polar surface area (TPSA) is 178 Å². The highest BCUT2D eigenvalue weighted by molar-refractivity contribution is 6.01. The fraction of sp³-hybridized carbons (Fsp3) is 0.258. The summed E-state index contributed by atoms with van der Waals surface area (Å²) < 4.78 is 65.7. The molecule has 0 bridgehead atoms. The van der Waals surface area contributed by atoms with E-state index in [1.807, 2.05) is 0 Å². The highest BCUT2D eigenvalue weighted by atomic mass is 19.4. The van der Waals surface area contributed by atoms with Crippen molar-refractivity contribution in [2.24, 2.45) is 0 Å². The summed E-state index contributed by atoms with van der Waals surface area (Å²) in [5, 5.41) is 20.9. The Morgan fingerprint density at radius 2 is 1.62 bits per heavy atom. The number of carboxylic acids is 1. The van der Waals surface area contributed by atoms with Crippen molar-refractivity contribution >= 4 is 35.0 Å². The first kappa shape index (κ1) is 32.4. The van der Waals surface area contributed by atoms with Crippen LogP contribution >= 0.6 is 0 Å². The number of ether oxygens (including phenoxy) is 4. The standard InChI is InChI=1S/C31H28F3N7O7/c1-35-21-24(37-15-38-25(21)41-30(44)39-16-8-3-2-4-9-16)40-27-23-22(20(46-27)14-45-26-18(28(42)43)11-7-13-36-26)47-29(48-23)17-10-5-6-12-19(17)31(32,33)34/h2-13,15,20,22-23,27,29,35H,14H2,1H3,(H,42,43)(H3,37,38,39,40,41,44). The van der Waals surface area contributed by atoms with Crippen LogP contribution in [0.5, 0.6) is 5.88 Å². The van der Waals surface area contributed by atoms with Gasteiger partial charge >= 0.3 is 18.2 Å². The fourth-order valence-electron chi connectivity index (χ4n) is 5.30. The summed E-state index contributed by atoms with van der Waals surface area (Å²) in [5.74, 6) is -1.18. The Bertz CT molecular complexity index is 1780. The fourth-order valence-corrected chi connectivity index (χ4v) is 5.30. The third-order valence-electron chi connectivity index (χ3n) is 7.42. The highest BCUT2D eigenvalue weighted by Crippen LogP contribution is 2.44. The van der Waals surface area contributed by atoms with Gasteiger partial charge in [-0.25, -0.2) is 24.5 Å². The van der Waals surface area contributed by atoms with Crippen LogP contribution in [0.25, 0.3) is 0 Å². The normalized spacial score (nSPS) is 21.6. The number of carboxylic acid groups (broad SMARTS) is 1. The maximum absolute atomic E-state index is 13.9. The van der Waals surface area contributed by atoms with Gasteiger partial charge in [0.25, 0.3) is 0 Å². The summed E-state index contributed by atoms with van der Waals surface area (Å²) in [6.45, 7) is -0.289. The van der Waals surface area contributed by atoms with E-state index in [1.165, 1.54) is 42.9 Å². The Kier molecular flexibility index (Phi) is 9.24. The predicted octanol–water partition coefficient (Wildman–Crippen LogP) is 4.97. The smallest absolute Gasteiger partial charge is 0.416 e. The third kappa shape index (κ3) is 6.92. The molecule has 0 radical (unpaired) electrons. The van der Waals surface area contributed by atoms with Crippen LogP contribution in [-0.4, -0.2) is 70.3 Å². The van der Waals surface area contributed by atoms with Gasteiger partial charge in [0.15, 0.2) is 24.2 Å². The number of hydrogen-bond acceptors (Lipinski definition) is 11. The molecule has 5 atom stereocenters. The number of carbonyl (C=O) groups excluding carboxylic acids is 1. The van der Waals surface area contributed by atoms with Crippen LogP contribution in [0.4, 0.5) is 41.0 Å². The number of aromatic nitrogens is 3. The van der Waals surface area contributed by atoms with Gasteiger partial charge in [-0.1, -0.05) is 36.4 Å². The number of nitrogens with one attached hydrogen (secondary N) is 4. The third-order valence-corrected chi connectivity index (χ3v) is 7.42. The van der Waals surface area contributed by atoms with Gasteiger partial charge in [-0.3, -0.25) is 5.32 Å². The zero-order valence-electron chi connectivity index (χ0n) is 25.0. The zero-order valence-corrected chi connectivity index (χ0v) is 25.0. The van der Waals surface area contributed by atoms with Gasteiger partial charge in [0.2, 0.25) is 5.88 Å². The van der Waals surface area contributed by atoms with Crippen molar-refractivity contribution in [2.75, 3.05) is 34.9 Å². The number of benzene rings is 2. The van der Waals surface area contributed by atoms with Gasteiger partial charge < -0.3 is 40.0 Å². The van der Waals surface area contributed by atoms with Gasteiger partial charge in [-0.05, 0) is 30.3 Å². The maximum Gasteiger partial charge on any atom is 0.416 e. The SMILES string of the molecule is CNc1c(NC(=O)Nc2ccccc2)ncnc1NC1OC(COc2ncccc2C(=O)O)C2OC(c3ccccc3C(F)(F)F)OC12. The molecule has 2 amide bonds. The molecule has 4 aromatic rings. The second-order valence-corrected chi connectivity index (χ2v) is 10.5. The van der Waals surface area contributed by atoms with Crippen molar-refractivity contribution < 1.29 is 46.8 Å². The summed E-state index contributed by atoms with van der Waals surface area (Å²) in [7, 11) is 1.57. The molecule has 17 heteroatoms. The Balaban J connectivity index is 1.25. The molecule has 2 fully saturated rings. The molecule has 14 nitrogen and oxygen atoms in total. The minimum Gasteiger partial charge on any atom is -0.477 e. The first-order valence-electron chi connectivity index (χ1n) is 14.5. The molecule has 250 valence electrons. The average Bonchev–Trinajstić information content (AvgIpc) is 3.64. The molecular weight excluding hydrogens is 639 g/mol. The van der Waals surface area contributed by atoms with E-state index in [2.05, 4.69) is 36.2 Å². The lowest BCUT2D eigenvalue weighted by Gasteiger charge is -2.24. The molecule has 0 spiro atoms. The Morgan fingerprint density at radius 1 is 0.896 bits per heavy atom. The molecular formula is C31H28F3N7O7. The number of fused-ring (bicyclic) bond motifs is 1. The summed E-state index contributed by atoms with van der Waals surface area (Å²) in [4.78, 5) is 36.8. The number of urea groups is 1. The number of pyridine rings is 1. The molecule has 2 aromatic heterocycles. The van der Waals surface area contributed by atoms with E-state index in [0.717, 1.165) is 6.07 Å². The first-order valence-corrected chi connectivity index (χ1v) is 14.5. The molecule has 2 aromatic carbocycles. The van der Waals surface area contributed by atoms with Crippen LogP contribution in [0, 0.1) is 0 Å². The summed E-state index contributed by atoms with van der Waals surface area (Å²) in [6.07, 6.45) is -7.56. The average molecular weight is 668 g/mol.